The van der Waals surface area contributed by atoms with Crippen LogP contribution in [0.2, 0.25) is 5.02 Å². The molecule has 176 valence electrons. The Hall–Kier alpha value is -3.92. The van der Waals surface area contributed by atoms with Crippen molar-refractivity contribution in [2.45, 2.75) is 33.0 Å². The number of carboxylic acid groups (broad SMARTS) is 1. The molecule has 1 aliphatic heterocycles. The lowest BCUT2D eigenvalue weighted by Gasteiger charge is -2.15. The van der Waals surface area contributed by atoms with Gasteiger partial charge in [-0.3, -0.25) is 14.9 Å². The number of alkyl carbamates (subject to hydrolysis) is 1. The molecule has 0 unspecified atom stereocenters. The molecule has 4 rings (SSSR count). The van der Waals surface area contributed by atoms with Gasteiger partial charge in [0.2, 0.25) is 0 Å². The number of aryl methyl sites for hydroxylation is 1. The second kappa shape index (κ2) is 9.52. The molecular weight excluding hydrogens is 462 g/mol. The zero-order valence-electron chi connectivity index (χ0n) is 18.7. The summed E-state index contributed by atoms with van der Waals surface area (Å²) < 4.78 is 12.4. The number of amides is 1. The van der Waals surface area contributed by atoms with E-state index in [9.17, 15) is 9.59 Å². The average Bonchev–Trinajstić information content (AvgIpc) is 3.10. The van der Waals surface area contributed by atoms with E-state index in [1.807, 2.05) is 0 Å². The fraction of sp³-hybridized carbons (Fsp3) is 0.261. The summed E-state index contributed by atoms with van der Waals surface area (Å²) in [4.78, 5) is 28.3. The molecule has 2 N–H and O–H groups in total. The number of hydrogen-bond acceptors (Lipinski definition) is 7. The first kappa shape index (κ1) is 23.2. The second-order valence-electron chi connectivity index (χ2n) is 7.79. The average molecular weight is 484 g/mol. The largest absolute Gasteiger partial charge is 0.482 e. The van der Waals surface area contributed by atoms with Gasteiger partial charge in [0, 0.05) is 16.1 Å². The summed E-state index contributed by atoms with van der Waals surface area (Å²) in [6.07, 6.45) is -1.88. The molecule has 1 amide bonds. The molecule has 11 heteroatoms. The van der Waals surface area contributed by atoms with Crippen molar-refractivity contribution >= 4 is 29.4 Å². The molecule has 0 saturated carbocycles. The van der Waals surface area contributed by atoms with Crippen molar-refractivity contribution in [1.82, 2.24) is 20.1 Å². The minimum Gasteiger partial charge on any atom is -0.482 e. The van der Waals surface area contributed by atoms with Gasteiger partial charge in [-0.05, 0) is 51.1 Å². The maximum Gasteiger partial charge on any atom is 0.409 e. The summed E-state index contributed by atoms with van der Waals surface area (Å²) in [6.45, 7) is 4.78. The summed E-state index contributed by atoms with van der Waals surface area (Å²) in [5.74, 6) is 0.224. The lowest BCUT2D eigenvalue weighted by Crippen LogP contribution is -2.31. The number of aromatic nitrogens is 3. The van der Waals surface area contributed by atoms with Crippen LogP contribution in [-0.4, -0.2) is 50.4 Å². The van der Waals surface area contributed by atoms with Gasteiger partial charge in [-0.1, -0.05) is 23.7 Å². The van der Waals surface area contributed by atoms with Crippen molar-refractivity contribution in [3.63, 3.8) is 0 Å². The Balaban J connectivity index is 1.89. The number of carboxylic acids is 1. The van der Waals surface area contributed by atoms with Crippen LogP contribution in [0.5, 0.6) is 5.75 Å². The first-order valence-electron chi connectivity index (χ1n) is 10.4. The van der Waals surface area contributed by atoms with Crippen molar-refractivity contribution in [1.29, 1.82) is 0 Å². The van der Waals surface area contributed by atoms with Crippen molar-refractivity contribution in [3.8, 4) is 11.4 Å². The fourth-order valence-corrected chi connectivity index (χ4v) is 3.66. The van der Waals surface area contributed by atoms with E-state index in [2.05, 4.69) is 15.5 Å². The highest BCUT2D eigenvalue weighted by Gasteiger charge is 2.30. The van der Waals surface area contributed by atoms with E-state index >= 15 is 0 Å². The van der Waals surface area contributed by atoms with Crippen molar-refractivity contribution in [3.05, 3.63) is 70.3 Å². The zero-order chi connectivity index (χ0) is 24.4. The van der Waals surface area contributed by atoms with Crippen molar-refractivity contribution in [2.75, 3.05) is 6.61 Å². The third-order valence-electron chi connectivity index (χ3n) is 4.89. The maximum absolute atomic E-state index is 12.5. The highest BCUT2D eigenvalue weighted by molar-refractivity contribution is 6.30. The quantitative estimate of drug-likeness (QED) is 0.547. The summed E-state index contributed by atoms with van der Waals surface area (Å²) in [6, 6.07) is 12.2. The number of hydrogen-bond donors (Lipinski definition) is 2. The van der Waals surface area contributed by atoms with Crippen LogP contribution in [0.25, 0.3) is 5.69 Å². The number of carbonyl (C=O) groups excluding carboxylic acids is 1. The van der Waals surface area contributed by atoms with Crippen molar-refractivity contribution < 1.29 is 24.2 Å². The molecule has 0 bridgehead atoms. The number of carbonyl (C=O) groups is 2. The number of ether oxygens (including phenoxy) is 2. The topological polar surface area (TPSA) is 128 Å². The molecule has 0 spiro atoms. The van der Waals surface area contributed by atoms with E-state index in [-0.39, 0.29) is 6.10 Å². The number of rotatable bonds is 6. The van der Waals surface area contributed by atoms with Gasteiger partial charge in [0.15, 0.2) is 18.6 Å². The lowest BCUT2D eigenvalue weighted by atomic mass is 10.00. The number of benzene rings is 2. The minimum absolute atomic E-state index is 0.323. The van der Waals surface area contributed by atoms with Crippen LogP contribution in [0.3, 0.4) is 0 Å². The Morgan fingerprint density at radius 1 is 1.18 bits per heavy atom. The molecule has 0 fully saturated rings. The van der Waals surface area contributed by atoms with E-state index in [0.717, 1.165) is 5.56 Å². The molecule has 10 nitrogen and oxygen atoms in total. The first-order chi connectivity index (χ1) is 16.2. The molecule has 0 aliphatic carbocycles. The highest BCUT2D eigenvalue weighted by Crippen LogP contribution is 2.32. The molecule has 1 aromatic heterocycles. The number of aliphatic carboxylic acids is 1. The molecule has 2 heterocycles. The van der Waals surface area contributed by atoms with E-state index in [0.29, 0.717) is 39.4 Å². The van der Waals surface area contributed by atoms with E-state index < -0.39 is 24.8 Å². The Morgan fingerprint density at radius 3 is 2.59 bits per heavy atom. The summed E-state index contributed by atoms with van der Waals surface area (Å²) >= 11 is 6.09. The predicted octanol–water partition coefficient (Wildman–Crippen LogP) is 3.68. The molecule has 0 saturated heterocycles. The third kappa shape index (κ3) is 4.86. The van der Waals surface area contributed by atoms with Crippen LogP contribution in [-0.2, 0) is 9.53 Å². The van der Waals surface area contributed by atoms with Gasteiger partial charge in [0.25, 0.3) is 0 Å². The number of aliphatic imine (C=N–C) groups is 1. The van der Waals surface area contributed by atoms with Crippen LogP contribution >= 0.6 is 11.6 Å². The van der Waals surface area contributed by atoms with E-state index in [1.54, 1.807) is 67.8 Å². The molecule has 34 heavy (non-hydrogen) atoms. The second-order valence-corrected chi connectivity index (χ2v) is 8.22. The molecule has 0 radical (unpaired) electrons. The van der Waals surface area contributed by atoms with Crippen LogP contribution in [0.15, 0.2) is 47.5 Å². The van der Waals surface area contributed by atoms with Gasteiger partial charge < -0.3 is 14.6 Å². The Labute approximate surface area is 200 Å². The third-order valence-corrected chi connectivity index (χ3v) is 5.15. The van der Waals surface area contributed by atoms with Gasteiger partial charge in [0.1, 0.15) is 11.6 Å². The van der Waals surface area contributed by atoms with Gasteiger partial charge in [-0.25, -0.2) is 9.59 Å². The molecule has 3 aromatic rings. The maximum atomic E-state index is 12.5. The Bertz CT molecular complexity index is 1270. The van der Waals surface area contributed by atoms with Gasteiger partial charge in [-0.2, -0.15) is 0 Å². The number of halogens is 1. The van der Waals surface area contributed by atoms with E-state index in [1.165, 1.54) is 0 Å². The number of nitrogens with zero attached hydrogens (tertiary/aromatic N) is 4. The molecule has 1 aliphatic rings. The molecular formula is C23H22ClN5O5. The molecule has 1 atom stereocenters. The fourth-order valence-electron chi connectivity index (χ4n) is 3.54. The lowest BCUT2D eigenvalue weighted by molar-refractivity contribution is -0.139. The number of nitrogens with one attached hydrogen (secondary N) is 1. The highest BCUT2D eigenvalue weighted by atomic mass is 35.5. The first-order valence-corrected chi connectivity index (χ1v) is 10.8. The van der Waals surface area contributed by atoms with Crippen LogP contribution in [0, 0.1) is 6.92 Å². The monoisotopic (exact) mass is 483 g/mol. The van der Waals surface area contributed by atoms with Gasteiger partial charge >= 0.3 is 12.1 Å². The summed E-state index contributed by atoms with van der Waals surface area (Å²) in [5, 5.41) is 20.7. The van der Waals surface area contributed by atoms with Crippen LogP contribution in [0.1, 0.15) is 42.8 Å². The normalized spacial score (nSPS) is 14.5. The van der Waals surface area contributed by atoms with E-state index in [4.69, 9.17) is 31.2 Å². The van der Waals surface area contributed by atoms with Gasteiger partial charge in [-0.15, -0.1) is 10.2 Å². The van der Waals surface area contributed by atoms with Crippen LogP contribution < -0.4 is 10.1 Å². The Kier molecular flexibility index (Phi) is 6.51. The van der Waals surface area contributed by atoms with Crippen molar-refractivity contribution in [2.24, 2.45) is 4.99 Å². The smallest absolute Gasteiger partial charge is 0.409 e. The standard InChI is InChI=1S/C23H22ClN5O5/c1-12(2)34-23(32)26-21-22-28-27-13(3)29(22)18-9-8-16(33-11-19(30)31)10-17(18)20(25-21)14-4-6-15(24)7-5-14/h4-10,12,21H,11H2,1-3H3,(H,26,32)(H,30,31)/t21-/m1/s1. The molecule has 2 aromatic carbocycles. The van der Waals surface area contributed by atoms with Gasteiger partial charge in [0.05, 0.1) is 17.5 Å². The number of fused-ring (bicyclic) bond motifs is 3. The zero-order valence-corrected chi connectivity index (χ0v) is 19.4. The predicted molar refractivity (Wildman–Crippen MR) is 124 cm³/mol. The van der Waals surface area contributed by atoms with Crippen LogP contribution in [0.4, 0.5) is 4.79 Å². The summed E-state index contributed by atoms with van der Waals surface area (Å²) in [7, 11) is 0. The summed E-state index contributed by atoms with van der Waals surface area (Å²) in [5.41, 5.74) is 2.57. The Morgan fingerprint density at radius 2 is 1.91 bits per heavy atom. The SMILES string of the molecule is Cc1nnc2n1-c1ccc(OCC(=O)O)cc1C(c1ccc(Cl)cc1)=N[C@@H]2NC(=O)OC(C)C. The minimum atomic E-state index is -1.09.